The lowest BCUT2D eigenvalue weighted by Gasteiger charge is -2.00. The second-order valence-electron chi connectivity index (χ2n) is 3.41. The van der Waals surface area contributed by atoms with Gasteiger partial charge in [0.1, 0.15) is 5.69 Å². The first-order valence-corrected chi connectivity index (χ1v) is 5.26. The first kappa shape index (κ1) is 10.8. The normalized spacial score (nSPS) is 10.6. The van der Waals surface area contributed by atoms with Gasteiger partial charge < -0.3 is 9.84 Å². The Balaban J connectivity index is 2.34. The molecule has 5 heteroatoms. The molecular weight excluding hydrogens is 204 g/mol. The zero-order valence-corrected chi connectivity index (χ0v) is 9.40. The van der Waals surface area contributed by atoms with Gasteiger partial charge in [-0.2, -0.15) is 4.98 Å². The molecule has 2 aromatic rings. The van der Waals surface area contributed by atoms with Crippen LogP contribution in [0.2, 0.25) is 0 Å². The lowest BCUT2D eigenvalue weighted by molar-refractivity contribution is 0.372. The summed E-state index contributed by atoms with van der Waals surface area (Å²) in [6.07, 6.45) is 2.64. The van der Waals surface area contributed by atoms with Gasteiger partial charge in [-0.1, -0.05) is 18.1 Å². The molecule has 0 bridgehead atoms. The van der Waals surface area contributed by atoms with Crippen LogP contribution >= 0.6 is 0 Å². The zero-order chi connectivity index (χ0) is 11.4. The van der Waals surface area contributed by atoms with Crippen molar-refractivity contribution in [3.05, 3.63) is 29.8 Å². The highest BCUT2D eigenvalue weighted by atomic mass is 16.5. The number of rotatable bonds is 4. The molecule has 0 aromatic carbocycles. The van der Waals surface area contributed by atoms with Crippen LogP contribution in [-0.2, 0) is 13.0 Å². The molecule has 0 amide bonds. The van der Waals surface area contributed by atoms with E-state index in [-0.39, 0.29) is 0 Å². The predicted molar refractivity (Wildman–Crippen MR) is 59.7 cm³/mol. The number of aryl methyl sites for hydroxylation is 1. The van der Waals surface area contributed by atoms with E-state index < -0.39 is 0 Å². The third kappa shape index (κ3) is 2.09. The standard InChI is InChI=1S/C11H14N4O/c1-3-8-5-4-6-13-10(8)11-14-9(7-12-2)16-15-11/h4-6,12H,3,7H2,1-2H3. The molecule has 0 aliphatic carbocycles. The van der Waals surface area contributed by atoms with Crippen LogP contribution in [0.4, 0.5) is 0 Å². The lowest BCUT2D eigenvalue weighted by atomic mass is 10.1. The van der Waals surface area contributed by atoms with E-state index in [0.29, 0.717) is 18.3 Å². The zero-order valence-electron chi connectivity index (χ0n) is 9.40. The van der Waals surface area contributed by atoms with Crippen molar-refractivity contribution in [3.63, 3.8) is 0 Å². The highest BCUT2D eigenvalue weighted by Gasteiger charge is 2.12. The summed E-state index contributed by atoms with van der Waals surface area (Å²) in [6, 6.07) is 3.94. The van der Waals surface area contributed by atoms with Gasteiger partial charge in [0, 0.05) is 6.20 Å². The number of hydrogen-bond donors (Lipinski definition) is 1. The second kappa shape index (κ2) is 4.85. The number of nitrogens with zero attached hydrogens (tertiary/aromatic N) is 3. The molecule has 0 aliphatic heterocycles. The van der Waals surface area contributed by atoms with Crippen LogP contribution in [-0.4, -0.2) is 22.2 Å². The highest BCUT2D eigenvalue weighted by Crippen LogP contribution is 2.18. The van der Waals surface area contributed by atoms with Gasteiger partial charge in [0.05, 0.1) is 6.54 Å². The summed E-state index contributed by atoms with van der Waals surface area (Å²) in [4.78, 5) is 8.56. The topological polar surface area (TPSA) is 63.8 Å². The average molecular weight is 218 g/mol. The molecule has 0 saturated carbocycles. The minimum absolute atomic E-state index is 0.558. The fourth-order valence-electron chi connectivity index (χ4n) is 1.50. The van der Waals surface area contributed by atoms with Crippen LogP contribution in [0.15, 0.2) is 22.9 Å². The van der Waals surface area contributed by atoms with E-state index in [1.807, 2.05) is 19.2 Å². The van der Waals surface area contributed by atoms with Crippen molar-refractivity contribution in [1.82, 2.24) is 20.4 Å². The SMILES string of the molecule is CCc1cccnc1-c1noc(CNC)n1. The molecule has 0 fully saturated rings. The molecular formula is C11H14N4O. The summed E-state index contributed by atoms with van der Waals surface area (Å²) in [7, 11) is 1.84. The summed E-state index contributed by atoms with van der Waals surface area (Å²) in [5, 5.41) is 6.89. The van der Waals surface area contributed by atoms with Crippen LogP contribution in [0.3, 0.4) is 0 Å². The van der Waals surface area contributed by atoms with Crippen LogP contribution in [0, 0.1) is 0 Å². The average Bonchev–Trinajstić information content (AvgIpc) is 2.78. The Morgan fingerprint density at radius 1 is 1.44 bits per heavy atom. The molecule has 5 nitrogen and oxygen atoms in total. The quantitative estimate of drug-likeness (QED) is 0.840. The summed E-state index contributed by atoms with van der Waals surface area (Å²) >= 11 is 0. The van der Waals surface area contributed by atoms with Crippen LogP contribution in [0.5, 0.6) is 0 Å². The molecule has 2 rings (SSSR count). The number of pyridine rings is 1. The van der Waals surface area contributed by atoms with E-state index in [0.717, 1.165) is 17.7 Å². The number of nitrogens with one attached hydrogen (secondary N) is 1. The Morgan fingerprint density at radius 2 is 2.31 bits per heavy atom. The maximum atomic E-state index is 5.10. The Labute approximate surface area is 93.9 Å². The molecule has 0 unspecified atom stereocenters. The van der Waals surface area contributed by atoms with Crippen molar-refractivity contribution in [3.8, 4) is 11.5 Å². The second-order valence-corrected chi connectivity index (χ2v) is 3.41. The molecule has 84 valence electrons. The maximum absolute atomic E-state index is 5.10. The fourth-order valence-corrected chi connectivity index (χ4v) is 1.50. The van der Waals surface area contributed by atoms with E-state index in [2.05, 4.69) is 27.4 Å². The smallest absolute Gasteiger partial charge is 0.240 e. The summed E-state index contributed by atoms with van der Waals surface area (Å²) < 4.78 is 5.10. The monoisotopic (exact) mass is 218 g/mol. The molecule has 2 heterocycles. The van der Waals surface area contributed by atoms with E-state index in [1.165, 1.54) is 0 Å². The number of hydrogen-bond acceptors (Lipinski definition) is 5. The molecule has 0 radical (unpaired) electrons. The Morgan fingerprint density at radius 3 is 3.06 bits per heavy atom. The van der Waals surface area contributed by atoms with Crippen molar-refractivity contribution in [2.75, 3.05) is 7.05 Å². The molecule has 0 atom stereocenters. The van der Waals surface area contributed by atoms with Gasteiger partial charge in [-0.15, -0.1) is 0 Å². The van der Waals surface area contributed by atoms with Crippen molar-refractivity contribution in [1.29, 1.82) is 0 Å². The third-order valence-corrected chi connectivity index (χ3v) is 2.28. The third-order valence-electron chi connectivity index (χ3n) is 2.28. The molecule has 0 aliphatic rings. The van der Waals surface area contributed by atoms with Crippen molar-refractivity contribution >= 4 is 0 Å². The van der Waals surface area contributed by atoms with Gasteiger partial charge in [-0.05, 0) is 25.1 Å². The van der Waals surface area contributed by atoms with Crippen LogP contribution < -0.4 is 5.32 Å². The van der Waals surface area contributed by atoms with Gasteiger partial charge in [0.15, 0.2) is 0 Å². The molecule has 0 spiro atoms. The molecule has 2 aromatic heterocycles. The van der Waals surface area contributed by atoms with Gasteiger partial charge >= 0.3 is 0 Å². The van der Waals surface area contributed by atoms with Gasteiger partial charge in [-0.25, -0.2) is 0 Å². The van der Waals surface area contributed by atoms with E-state index in [1.54, 1.807) is 6.20 Å². The lowest BCUT2D eigenvalue weighted by Crippen LogP contribution is -2.05. The van der Waals surface area contributed by atoms with Crippen molar-refractivity contribution < 1.29 is 4.52 Å². The summed E-state index contributed by atoms with van der Waals surface area (Å²) in [6.45, 7) is 2.65. The summed E-state index contributed by atoms with van der Waals surface area (Å²) in [5.41, 5.74) is 1.93. The highest BCUT2D eigenvalue weighted by molar-refractivity contribution is 5.53. The first-order chi connectivity index (χ1) is 7.85. The maximum Gasteiger partial charge on any atom is 0.240 e. The van der Waals surface area contributed by atoms with E-state index in [9.17, 15) is 0 Å². The predicted octanol–water partition coefficient (Wildman–Crippen LogP) is 1.41. The molecule has 1 N–H and O–H groups in total. The first-order valence-electron chi connectivity index (χ1n) is 5.26. The van der Waals surface area contributed by atoms with E-state index >= 15 is 0 Å². The van der Waals surface area contributed by atoms with Gasteiger partial charge in [0.2, 0.25) is 11.7 Å². The Hall–Kier alpha value is -1.75. The van der Waals surface area contributed by atoms with E-state index in [4.69, 9.17) is 4.52 Å². The van der Waals surface area contributed by atoms with Crippen LogP contribution in [0.25, 0.3) is 11.5 Å². The van der Waals surface area contributed by atoms with Gasteiger partial charge in [0.25, 0.3) is 0 Å². The minimum Gasteiger partial charge on any atom is -0.337 e. The Kier molecular flexibility index (Phi) is 3.26. The summed E-state index contributed by atoms with van der Waals surface area (Å²) in [5.74, 6) is 1.13. The fraction of sp³-hybridized carbons (Fsp3) is 0.364. The van der Waals surface area contributed by atoms with Crippen molar-refractivity contribution in [2.24, 2.45) is 0 Å². The largest absolute Gasteiger partial charge is 0.337 e. The molecule has 16 heavy (non-hydrogen) atoms. The number of aromatic nitrogens is 3. The van der Waals surface area contributed by atoms with Gasteiger partial charge in [-0.3, -0.25) is 4.98 Å². The molecule has 0 saturated heterocycles. The Bertz CT molecular complexity index is 467. The minimum atomic E-state index is 0.558. The van der Waals surface area contributed by atoms with Crippen molar-refractivity contribution in [2.45, 2.75) is 19.9 Å². The van der Waals surface area contributed by atoms with Crippen LogP contribution in [0.1, 0.15) is 18.4 Å².